The highest BCUT2D eigenvalue weighted by Crippen LogP contribution is 2.18. The molecule has 0 fully saturated rings. The van der Waals surface area contributed by atoms with Gasteiger partial charge >= 0.3 is 0 Å². The summed E-state index contributed by atoms with van der Waals surface area (Å²) < 4.78 is 24.9. The Kier molecular flexibility index (Phi) is 5.74. The summed E-state index contributed by atoms with van der Waals surface area (Å²) >= 11 is 0. The Morgan fingerprint density at radius 3 is 2.15 bits per heavy atom. The van der Waals surface area contributed by atoms with Crippen molar-refractivity contribution in [2.45, 2.75) is 40.0 Å². The van der Waals surface area contributed by atoms with Crippen molar-refractivity contribution in [3.8, 4) is 0 Å². The van der Waals surface area contributed by atoms with E-state index in [9.17, 15) is 13.2 Å². The van der Waals surface area contributed by atoms with E-state index in [0.29, 0.717) is 5.92 Å². The summed E-state index contributed by atoms with van der Waals surface area (Å²) in [5.74, 6) is -0.483. The standard InChI is InChI=1S/C15H23NO3S/c1-5-20(18,19)16-15(17)12(4)14-8-6-13(7-9-14)10-11(2)3/h6-9,11-12H,5,10H2,1-4H3,(H,16,17). The lowest BCUT2D eigenvalue weighted by Crippen LogP contribution is -2.34. The minimum Gasteiger partial charge on any atom is -0.273 e. The van der Waals surface area contributed by atoms with E-state index in [1.165, 1.54) is 12.5 Å². The van der Waals surface area contributed by atoms with Crippen molar-refractivity contribution in [2.24, 2.45) is 5.92 Å². The van der Waals surface area contributed by atoms with Gasteiger partial charge in [-0.05, 0) is 37.3 Å². The van der Waals surface area contributed by atoms with Gasteiger partial charge in [0.05, 0.1) is 11.7 Å². The third-order valence-electron chi connectivity index (χ3n) is 3.15. The fourth-order valence-electron chi connectivity index (χ4n) is 1.88. The molecule has 1 unspecified atom stereocenters. The summed E-state index contributed by atoms with van der Waals surface area (Å²) in [5, 5.41) is 0. The zero-order valence-corrected chi connectivity index (χ0v) is 13.3. The maximum atomic E-state index is 11.9. The summed E-state index contributed by atoms with van der Waals surface area (Å²) in [6.07, 6.45) is 0.991. The molecule has 20 heavy (non-hydrogen) atoms. The Labute approximate surface area is 121 Å². The largest absolute Gasteiger partial charge is 0.273 e. The Morgan fingerprint density at radius 1 is 1.15 bits per heavy atom. The molecule has 0 aromatic heterocycles. The number of hydrogen-bond acceptors (Lipinski definition) is 3. The van der Waals surface area contributed by atoms with Gasteiger partial charge in [0.25, 0.3) is 0 Å². The third-order valence-corrected chi connectivity index (χ3v) is 4.43. The number of rotatable bonds is 6. The normalized spacial score (nSPS) is 13.2. The van der Waals surface area contributed by atoms with Gasteiger partial charge in [0.2, 0.25) is 15.9 Å². The predicted octanol–water partition coefficient (Wildman–Crippen LogP) is 2.45. The maximum Gasteiger partial charge on any atom is 0.240 e. The second-order valence-electron chi connectivity index (χ2n) is 5.43. The highest BCUT2D eigenvalue weighted by Gasteiger charge is 2.19. The molecule has 1 aromatic carbocycles. The van der Waals surface area contributed by atoms with Crippen molar-refractivity contribution in [2.75, 3.05) is 5.75 Å². The summed E-state index contributed by atoms with van der Waals surface area (Å²) in [5.41, 5.74) is 2.04. The number of benzene rings is 1. The lowest BCUT2D eigenvalue weighted by atomic mass is 9.96. The average Bonchev–Trinajstić information content (AvgIpc) is 2.37. The Bertz CT molecular complexity index is 547. The van der Waals surface area contributed by atoms with E-state index in [1.807, 2.05) is 24.3 Å². The number of carbonyl (C=O) groups excluding carboxylic acids is 1. The summed E-state index contributed by atoms with van der Waals surface area (Å²) in [6.45, 7) is 7.51. The van der Waals surface area contributed by atoms with Crippen LogP contribution in [0.4, 0.5) is 0 Å². The molecule has 4 nitrogen and oxygen atoms in total. The molecule has 0 spiro atoms. The van der Waals surface area contributed by atoms with Gasteiger partial charge < -0.3 is 0 Å². The molecule has 0 bridgehead atoms. The molecule has 0 saturated heterocycles. The van der Waals surface area contributed by atoms with Crippen LogP contribution in [0, 0.1) is 5.92 Å². The minimum absolute atomic E-state index is 0.0984. The Hall–Kier alpha value is -1.36. The third kappa shape index (κ3) is 4.96. The van der Waals surface area contributed by atoms with Crippen molar-refractivity contribution in [1.82, 2.24) is 4.72 Å². The first-order valence-corrected chi connectivity index (χ1v) is 8.53. The van der Waals surface area contributed by atoms with Crippen LogP contribution in [-0.4, -0.2) is 20.1 Å². The van der Waals surface area contributed by atoms with Crippen LogP contribution in [0.5, 0.6) is 0 Å². The number of nitrogens with one attached hydrogen (secondary N) is 1. The van der Waals surface area contributed by atoms with E-state index >= 15 is 0 Å². The monoisotopic (exact) mass is 297 g/mol. The molecule has 112 valence electrons. The molecular weight excluding hydrogens is 274 g/mol. The minimum atomic E-state index is -3.50. The highest BCUT2D eigenvalue weighted by atomic mass is 32.2. The first-order chi connectivity index (χ1) is 9.25. The molecule has 0 aliphatic carbocycles. The second kappa shape index (κ2) is 6.88. The van der Waals surface area contributed by atoms with Gasteiger partial charge in [-0.3, -0.25) is 9.52 Å². The van der Waals surface area contributed by atoms with Gasteiger partial charge in [-0.15, -0.1) is 0 Å². The second-order valence-corrected chi connectivity index (χ2v) is 7.44. The zero-order chi connectivity index (χ0) is 15.3. The summed E-state index contributed by atoms with van der Waals surface area (Å²) in [7, 11) is -3.50. The number of hydrogen-bond donors (Lipinski definition) is 1. The fraction of sp³-hybridized carbons (Fsp3) is 0.533. The Morgan fingerprint density at radius 2 is 1.70 bits per heavy atom. The molecule has 1 N–H and O–H groups in total. The van der Waals surface area contributed by atoms with Crippen LogP contribution in [0.3, 0.4) is 0 Å². The van der Waals surface area contributed by atoms with E-state index in [-0.39, 0.29) is 5.75 Å². The molecule has 1 atom stereocenters. The molecule has 1 rings (SSSR count). The van der Waals surface area contributed by atoms with Crippen molar-refractivity contribution in [3.05, 3.63) is 35.4 Å². The predicted molar refractivity (Wildman–Crippen MR) is 81.0 cm³/mol. The van der Waals surface area contributed by atoms with Crippen molar-refractivity contribution >= 4 is 15.9 Å². The van der Waals surface area contributed by atoms with E-state index in [1.54, 1.807) is 6.92 Å². The average molecular weight is 297 g/mol. The lowest BCUT2D eigenvalue weighted by Gasteiger charge is -2.13. The number of carbonyl (C=O) groups is 1. The topological polar surface area (TPSA) is 63.2 Å². The fourth-order valence-corrected chi connectivity index (χ4v) is 2.51. The molecule has 0 saturated carbocycles. The maximum absolute atomic E-state index is 11.9. The van der Waals surface area contributed by atoms with E-state index < -0.39 is 21.8 Å². The molecule has 0 radical (unpaired) electrons. The quantitative estimate of drug-likeness (QED) is 0.877. The van der Waals surface area contributed by atoms with E-state index in [0.717, 1.165) is 12.0 Å². The van der Waals surface area contributed by atoms with E-state index in [2.05, 4.69) is 18.6 Å². The summed E-state index contributed by atoms with van der Waals surface area (Å²) in [4.78, 5) is 11.9. The van der Waals surface area contributed by atoms with Gasteiger partial charge in [0, 0.05) is 0 Å². The van der Waals surface area contributed by atoms with Crippen LogP contribution in [0.2, 0.25) is 0 Å². The Balaban J connectivity index is 2.77. The molecular formula is C15H23NO3S. The van der Waals surface area contributed by atoms with Crippen LogP contribution in [-0.2, 0) is 21.2 Å². The molecule has 1 aromatic rings. The molecule has 0 aliphatic rings. The van der Waals surface area contributed by atoms with Gasteiger partial charge in [-0.1, -0.05) is 38.1 Å². The van der Waals surface area contributed by atoms with Crippen molar-refractivity contribution in [3.63, 3.8) is 0 Å². The SMILES string of the molecule is CCS(=O)(=O)NC(=O)C(C)c1ccc(CC(C)C)cc1. The van der Waals surface area contributed by atoms with Gasteiger partial charge in [0.15, 0.2) is 0 Å². The van der Waals surface area contributed by atoms with Crippen LogP contribution in [0.15, 0.2) is 24.3 Å². The smallest absolute Gasteiger partial charge is 0.240 e. The molecule has 1 amide bonds. The molecule has 5 heteroatoms. The van der Waals surface area contributed by atoms with Crippen LogP contribution < -0.4 is 4.72 Å². The van der Waals surface area contributed by atoms with Gasteiger partial charge in [-0.25, -0.2) is 8.42 Å². The zero-order valence-electron chi connectivity index (χ0n) is 12.5. The van der Waals surface area contributed by atoms with Gasteiger partial charge in [0.1, 0.15) is 0 Å². The number of sulfonamides is 1. The van der Waals surface area contributed by atoms with E-state index in [4.69, 9.17) is 0 Å². The van der Waals surface area contributed by atoms with Crippen molar-refractivity contribution < 1.29 is 13.2 Å². The van der Waals surface area contributed by atoms with Crippen LogP contribution >= 0.6 is 0 Å². The first-order valence-electron chi connectivity index (χ1n) is 6.88. The van der Waals surface area contributed by atoms with Crippen LogP contribution in [0.1, 0.15) is 44.7 Å². The van der Waals surface area contributed by atoms with Gasteiger partial charge in [-0.2, -0.15) is 0 Å². The van der Waals surface area contributed by atoms with Crippen LogP contribution in [0.25, 0.3) is 0 Å². The lowest BCUT2D eigenvalue weighted by molar-refractivity contribution is -0.120. The van der Waals surface area contributed by atoms with Crippen molar-refractivity contribution in [1.29, 1.82) is 0 Å². The number of amides is 1. The molecule has 0 heterocycles. The summed E-state index contributed by atoms with van der Waals surface area (Å²) in [6, 6.07) is 7.77. The first kappa shape index (κ1) is 16.7. The molecule has 0 aliphatic heterocycles. The highest BCUT2D eigenvalue weighted by molar-refractivity contribution is 7.90.